The lowest BCUT2D eigenvalue weighted by Crippen LogP contribution is -2.07. The number of anilines is 1. The zero-order valence-electron chi connectivity index (χ0n) is 10.1. The van der Waals surface area contributed by atoms with E-state index in [1.165, 1.54) is 0 Å². The van der Waals surface area contributed by atoms with Crippen LogP contribution in [-0.2, 0) is 0 Å². The fourth-order valence-electron chi connectivity index (χ4n) is 1.77. The molecule has 2 aromatic carbocycles. The van der Waals surface area contributed by atoms with E-state index in [4.69, 9.17) is 34.8 Å². The van der Waals surface area contributed by atoms with Crippen LogP contribution in [0, 0.1) is 0 Å². The van der Waals surface area contributed by atoms with Crippen LogP contribution in [0.25, 0.3) is 0 Å². The number of hydrogen-bond acceptors (Lipinski definition) is 1. The highest BCUT2D eigenvalue weighted by Gasteiger charge is 2.11. The third-order valence-electron chi connectivity index (χ3n) is 2.73. The summed E-state index contributed by atoms with van der Waals surface area (Å²) < 4.78 is 0.953. The maximum Gasteiger partial charge on any atom is 0.0638 e. The summed E-state index contributed by atoms with van der Waals surface area (Å²) in [5.74, 6) is 0. The Morgan fingerprint density at radius 1 is 1.00 bits per heavy atom. The molecule has 19 heavy (non-hydrogen) atoms. The van der Waals surface area contributed by atoms with Crippen LogP contribution >= 0.6 is 50.7 Å². The normalized spacial score (nSPS) is 12.3. The Morgan fingerprint density at radius 3 is 2.42 bits per heavy atom. The lowest BCUT2D eigenvalue weighted by Gasteiger charge is -2.18. The van der Waals surface area contributed by atoms with Gasteiger partial charge in [0.15, 0.2) is 0 Å². The molecule has 0 radical (unpaired) electrons. The summed E-state index contributed by atoms with van der Waals surface area (Å²) in [6, 6.07) is 11.1. The second-order valence-electron chi connectivity index (χ2n) is 4.16. The van der Waals surface area contributed by atoms with E-state index in [0.717, 1.165) is 15.7 Å². The summed E-state index contributed by atoms with van der Waals surface area (Å²) in [7, 11) is 0. The van der Waals surface area contributed by atoms with Gasteiger partial charge >= 0.3 is 0 Å². The monoisotopic (exact) mass is 377 g/mol. The van der Waals surface area contributed by atoms with Gasteiger partial charge in [0, 0.05) is 14.5 Å². The number of benzene rings is 2. The highest BCUT2D eigenvalue weighted by molar-refractivity contribution is 9.10. The molecule has 0 aliphatic rings. The van der Waals surface area contributed by atoms with Crippen LogP contribution in [-0.4, -0.2) is 0 Å². The maximum absolute atomic E-state index is 6.23. The van der Waals surface area contributed by atoms with Crippen LogP contribution in [0.1, 0.15) is 18.5 Å². The minimum Gasteiger partial charge on any atom is -0.377 e. The molecule has 0 aliphatic heterocycles. The van der Waals surface area contributed by atoms with Crippen molar-refractivity contribution >= 4 is 56.4 Å². The van der Waals surface area contributed by atoms with E-state index in [9.17, 15) is 0 Å². The first-order valence-corrected chi connectivity index (χ1v) is 7.56. The van der Waals surface area contributed by atoms with E-state index in [1.807, 2.05) is 25.1 Å². The average molecular weight is 380 g/mol. The molecule has 5 heteroatoms. The minimum atomic E-state index is 0.0246. The van der Waals surface area contributed by atoms with Crippen molar-refractivity contribution in [1.82, 2.24) is 0 Å². The van der Waals surface area contributed by atoms with E-state index >= 15 is 0 Å². The average Bonchev–Trinajstić information content (AvgIpc) is 2.33. The van der Waals surface area contributed by atoms with E-state index in [0.29, 0.717) is 15.1 Å². The van der Waals surface area contributed by atoms with Crippen LogP contribution < -0.4 is 5.32 Å². The molecule has 0 saturated carbocycles. The van der Waals surface area contributed by atoms with Gasteiger partial charge in [0.1, 0.15) is 0 Å². The Kier molecular flexibility index (Phi) is 5.02. The Balaban J connectivity index is 2.25. The van der Waals surface area contributed by atoms with Gasteiger partial charge < -0.3 is 5.32 Å². The lowest BCUT2D eigenvalue weighted by atomic mass is 10.1. The second kappa shape index (κ2) is 6.36. The lowest BCUT2D eigenvalue weighted by molar-refractivity contribution is 0.885. The van der Waals surface area contributed by atoms with Gasteiger partial charge in [-0.15, -0.1) is 0 Å². The molecular formula is C14H11BrCl3N. The van der Waals surface area contributed by atoms with Gasteiger partial charge in [0.25, 0.3) is 0 Å². The largest absolute Gasteiger partial charge is 0.377 e. The SMILES string of the molecule is CC(Nc1cc(Cl)ccc1Cl)c1ccc(Br)cc1Cl. The van der Waals surface area contributed by atoms with Crippen molar-refractivity contribution in [2.45, 2.75) is 13.0 Å². The highest BCUT2D eigenvalue weighted by atomic mass is 79.9. The molecule has 0 aliphatic carbocycles. The summed E-state index contributed by atoms with van der Waals surface area (Å²) in [5, 5.41) is 5.28. The van der Waals surface area contributed by atoms with Crippen molar-refractivity contribution in [3.8, 4) is 0 Å². The van der Waals surface area contributed by atoms with Crippen molar-refractivity contribution in [3.63, 3.8) is 0 Å². The Morgan fingerprint density at radius 2 is 1.74 bits per heavy atom. The molecule has 1 atom stereocenters. The number of rotatable bonds is 3. The van der Waals surface area contributed by atoms with Gasteiger partial charge in [-0.05, 0) is 42.8 Å². The first-order valence-electron chi connectivity index (χ1n) is 5.64. The summed E-state index contributed by atoms with van der Waals surface area (Å²) in [6.45, 7) is 2.02. The van der Waals surface area contributed by atoms with E-state index in [2.05, 4.69) is 21.2 Å². The summed E-state index contributed by atoms with van der Waals surface area (Å²) in [6.07, 6.45) is 0. The van der Waals surface area contributed by atoms with Gasteiger partial charge in [-0.1, -0.05) is 56.8 Å². The Hall–Kier alpha value is -0.410. The van der Waals surface area contributed by atoms with Crippen LogP contribution in [0.4, 0.5) is 5.69 Å². The maximum atomic E-state index is 6.23. The minimum absolute atomic E-state index is 0.0246. The van der Waals surface area contributed by atoms with Crippen molar-refractivity contribution < 1.29 is 0 Å². The van der Waals surface area contributed by atoms with E-state index < -0.39 is 0 Å². The summed E-state index contributed by atoms with van der Waals surface area (Å²) >= 11 is 21.7. The molecular weight excluding hydrogens is 368 g/mol. The third-order valence-corrected chi connectivity index (χ3v) is 4.11. The Labute approximate surface area is 136 Å². The first-order chi connectivity index (χ1) is 8.97. The fourth-order valence-corrected chi connectivity index (χ4v) is 2.95. The van der Waals surface area contributed by atoms with Crippen LogP contribution in [0.5, 0.6) is 0 Å². The third kappa shape index (κ3) is 3.79. The van der Waals surface area contributed by atoms with Crippen LogP contribution in [0.15, 0.2) is 40.9 Å². The van der Waals surface area contributed by atoms with Crippen LogP contribution in [0.2, 0.25) is 15.1 Å². The molecule has 0 saturated heterocycles. The van der Waals surface area contributed by atoms with Gasteiger partial charge in [0.2, 0.25) is 0 Å². The van der Waals surface area contributed by atoms with Gasteiger partial charge in [-0.25, -0.2) is 0 Å². The van der Waals surface area contributed by atoms with Gasteiger partial charge in [-0.3, -0.25) is 0 Å². The molecule has 1 nitrogen and oxygen atoms in total. The van der Waals surface area contributed by atoms with Crippen molar-refractivity contribution in [2.75, 3.05) is 5.32 Å². The van der Waals surface area contributed by atoms with Crippen molar-refractivity contribution in [3.05, 3.63) is 61.5 Å². The van der Waals surface area contributed by atoms with E-state index in [1.54, 1.807) is 18.2 Å². The van der Waals surface area contributed by atoms with Gasteiger partial charge in [-0.2, -0.15) is 0 Å². The first kappa shape index (κ1) is 15.0. The molecule has 0 spiro atoms. The molecule has 2 rings (SSSR count). The zero-order valence-corrected chi connectivity index (χ0v) is 13.9. The molecule has 0 heterocycles. The molecule has 0 bridgehead atoms. The number of hydrogen-bond donors (Lipinski definition) is 1. The van der Waals surface area contributed by atoms with Crippen molar-refractivity contribution in [2.24, 2.45) is 0 Å². The summed E-state index contributed by atoms with van der Waals surface area (Å²) in [5.41, 5.74) is 1.79. The zero-order chi connectivity index (χ0) is 14.0. The van der Waals surface area contributed by atoms with Crippen molar-refractivity contribution in [1.29, 1.82) is 0 Å². The number of halogens is 4. The molecule has 0 aromatic heterocycles. The predicted molar refractivity (Wildman–Crippen MR) is 87.7 cm³/mol. The summed E-state index contributed by atoms with van der Waals surface area (Å²) in [4.78, 5) is 0. The van der Waals surface area contributed by atoms with Crippen LogP contribution in [0.3, 0.4) is 0 Å². The molecule has 0 amide bonds. The second-order valence-corrected chi connectivity index (χ2v) is 6.32. The topological polar surface area (TPSA) is 12.0 Å². The Bertz CT molecular complexity index is 601. The fraction of sp³-hybridized carbons (Fsp3) is 0.143. The standard InChI is InChI=1S/C14H11BrCl3N/c1-8(11-4-2-9(15)6-13(11)18)19-14-7-10(16)3-5-12(14)17/h2-8,19H,1H3. The molecule has 100 valence electrons. The smallest absolute Gasteiger partial charge is 0.0638 e. The van der Waals surface area contributed by atoms with E-state index in [-0.39, 0.29) is 6.04 Å². The molecule has 2 aromatic rings. The number of nitrogens with one attached hydrogen (secondary N) is 1. The predicted octanol–water partition coefficient (Wildman–Crippen LogP) is 6.58. The molecule has 1 unspecified atom stereocenters. The van der Waals surface area contributed by atoms with Gasteiger partial charge in [0.05, 0.1) is 16.8 Å². The molecule has 0 fully saturated rings. The molecule has 1 N–H and O–H groups in total. The highest BCUT2D eigenvalue weighted by Crippen LogP contribution is 2.32. The quantitative estimate of drug-likeness (QED) is 0.635.